The zero-order chi connectivity index (χ0) is 11.4. The van der Waals surface area contributed by atoms with Gasteiger partial charge in [0, 0.05) is 37.0 Å². The topological polar surface area (TPSA) is 59.0 Å². The lowest BCUT2D eigenvalue weighted by atomic mass is 9.88. The van der Waals surface area contributed by atoms with Crippen LogP contribution in [-0.2, 0) is 4.74 Å². The summed E-state index contributed by atoms with van der Waals surface area (Å²) in [5, 5.41) is 0. The lowest BCUT2D eigenvalue weighted by molar-refractivity contribution is -0.443. The average molecular weight is 223 g/mol. The molecule has 2 heterocycles. The van der Waals surface area contributed by atoms with Gasteiger partial charge in [-0.05, 0) is 18.9 Å². The van der Waals surface area contributed by atoms with E-state index in [1.807, 2.05) is 12.3 Å². The summed E-state index contributed by atoms with van der Waals surface area (Å²) in [4.78, 5) is 4.22. The van der Waals surface area contributed by atoms with Crippen LogP contribution in [0.5, 0.6) is 5.88 Å². The molecule has 0 aliphatic carbocycles. The van der Waals surface area contributed by atoms with Crippen LogP contribution in [0.4, 0.5) is 0 Å². The number of hydrogen-bond acceptors (Lipinski definition) is 3. The van der Waals surface area contributed by atoms with Gasteiger partial charge in [0.05, 0.1) is 7.11 Å². The Morgan fingerprint density at radius 3 is 2.75 bits per heavy atom. The quantitative estimate of drug-likeness (QED) is 0.824. The van der Waals surface area contributed by atoms with Crippen LogP contribution in [0.25, 0.3) is 0 Å². The van der Waals surface area contributed by atoms with E-state index >= 15 is 0 Å². The summed E-state index contributed by atoms with van der Waals surface area (Å²) in [6.07, 6.45) is 4.06. The minimum Gasteiger partial charge on any atom is -0.481 e. The first-order chi connectivity index (χ1) is 7.81. The van der Waals surface area contributed by atoms with Crippen molar-refractivity contribution in [3.63, 3.8) is 0 Å². The molecule has 1 saturated heterocycles. The summed E-state index contributed by atoms with van der Waals surface area (Å²) >= 11 is 0. The number of methoxy groups -OCH3 is 1. The van der Waals surface area contributed by atoms with Crippen molar-refractivity contribution in [2.45, 2.75) is 18.9 Å². The molecule has 0 spiro atoms. The molecular formula is C12H19N2O2+. The van der Waals surface area contributed by atoms with Crippen molar-refractivity contribution < 1.29 is 15.2 Å². The first-order valence-corrected chi connectivity index (χ1v) is 5.72. The summed E-state index contributed by atoms with van der Waals surface area (Å²) in [6.45, 7) is 1.72. The Morgan fingerprint density at radius 1 is 1.44 bits per heavy atom. The molecule has 1 atom stereocenters. The van der Waals surface area contributed by atoms with Crippen molar-refractivity contribution in [1.82, 2.24) is 4.98 Å². The van der Waals surface area contributed by atoms with E-state index in [0.29, 0.717) is 17.8 Å². The molecule has 16 heavy (non-hydrogen) atoms. The highest BCUT2D eigenvalue weighted by Gasteiger charge is 2.25. The molecule has 1 unspecified atom stereocenters. The Hall–Kier alpha value is -1.13. The number of hydrogen-bond donors (Lipinski definition) is 1. The molecule has 88 valence electrons. The molecule has 1 aliphatic heterocycles. The summed E-state index contributed by atoms with van der Waals surface area (Å²) < 4.78 is 10.4. The minimum absolute atomic E-state index is 0.308. The third kappa shape index (κ3) is 2.51. The molecule has 3 N–H and O–H groups in total. The second-order valence-corrected chi connectivity index (χ2v) is 4.19. The summed E-state index contributed by atoms with van der Waals surface area (Å²) in [5.74, 6) is 1.27. The number of rotatable bonds is 3. The van der Waals surface area contributed by atoms with Gasteiger partial charge in [0.2, 0.25) is 5.88 Å². The Bertz CT molecular complexity index is 320. The standard InChI is InChI=1S/C12H18N2O2/c1-15-11-3-2-10(8-14-11)12(13)9-4-6-16-7-5-9/h2-3,8-9,12H,4-7,13H2,1H3/p+1. The number of quaternary nitrogens is 1. The monoisotopic (exact) mass is 223 g/mol. The van der Waals surface area contributed by atoms with E-state index < -0.39 is 0 Å². The fourth-order valence-corrected chi connectivity index (χ4v) is 2.12. The fraction of sp³-hybridized carbons (Fsp3) is 0.583. The lowest BCUT2D eigenvalue weighted by Crippen LogP contribution is -2.57. The van der Waals surface area contributed by atoms with E-state index in [1.165, 1.54) is 5.56 Å². The van der Waals surface area contributed by atoms with Gasteiger partial charge in [-0.15, -0.1) is 0 Å². The zero-order valence-corrected chi connectivity index (χ0v) is 9.69. The number of nitrogens with zero attached hydrogens (tertiary/aromatic N) is 1. The maximum absolute atomic E-state index is 5.36. The average Bonchev–Trinajstić information content (AvgIpc) is 2.39. The highest BCUT2D eigenvalue weighted by molar-refractivity contribution is 5.19. The maximum atomic E-state index is 5.36. The van der Waals surface area contributed by atoms with Gasteiger partial charge < -0.3 is 15.2 Å². The molecule has 1 fully saturated rings. The predicted octanol–water partition coefficient (Wildman–Crippen LogP) is 0.800. The number of aromatic nitrogens is 1. The Kier molecular flexibility index (Phi) is 3.74. The van der Waals surface area contributed by atoms with E-state index in [9.17, 15) is 0 Å². The van der Waals surface area contributed by atoms with Crippen molar-refractivity contribution in [3.8, 4) is 5.88 Å². The minimum atomic E-state index is 0.308. The van der Waals surface area contributed by atoms with E-state index in [1.54, 1.807) is 7.11 Å². The van der Waals surface area contributed by atoms with Gasteiger partial charge in [0.15, 0.2) is 0 Å². The van der Waals surface area contributed by atoms with Gasteiger partial charge in [-0.1, -0.05) is 0 Å². The largest absolute Gasteiger partial charge is 0.481 e. The van der Waals surface area contributed by atoms with Crippen molar-refractivity contribution in [2.24, 2.45) is 5.92 Å². The van der Waals surface area contributed by atoms with E-state index in [4.69, 9.17) is 9.47 Å². The summed E-state index contributed by atoms with van der Waals surface area (Å²) in [7, 11) is 1.63. The van der Waals surface area contributed by atoms with E-state index in [-0.39, 0.29) is 0 Å². The highest BCUT2D eigenvalue weighted by Crippen LogP contribution is 2.26. The van der Waals surface area contributed by atoms with E-state index in [2.05, 4.69) is 16.8 Å². The maximum Gasteiger partial charge on any atom is 0.212 e. The molecule has 1 aromatic rings. The first-order valence-electron chi connectivity index (χ1n) is 5.72. The van der Waals surface area contributed by atoms with Crippen LogP contribution in [0.15, 0.2) is 18.3 Å². The Labute approximate surface area is 95.8 Å². The Balaban J connectivity index is 2.04. The normalized spacial score (nSPS) is 19.4. The third-order valence-electron chi connectivity index (χ3n) is 3.23. The van der Waals surface area contributed by atoms with Gasteiger partial charge in [-0.2, -0.15) is 0 Å². The van der Waals surface area contributed by atoms with Crippen molar-refractivity contribution in [3.05, 3.63) is 23.9 Å². The van der Waals surface area contributed by atoms with Crippen LogP contribution in [0, 0.1) is 5.92 Å². The molecule has 0 radical (unpaired) electrons. The van der Waals surface area contributed by atoms with Gasteiger partial charge >= 0.3 is 0 Å². The molecular weight excluding hydrogens is 204 g/mol. The lowest BCUT2D eigenvalue weighted by Gasteiger charge is -2.25. The second-order valence-electron chi connectivity index (χ2n) is 4.19. The van der Waals surface area contributed by atoms with Crippen LogP contribution in [0.1, 0.15) is 24.4 Å². The summed E-state index contributed by atoms with van der Waals surface area (Å²) in [6, 6.07) is 4.26. The van der Waals surface area contributed by atoms with Crippen molar-refractivity contribution in [2.75, 3.05) is 20.3 Å². The van der Waals surface area contributed by atoms with Crippen molar-refractivity contribution in [1.29, 1.82) is 0 Å². The molecule has 1 aliphatic rings. The SMILES string of the molecule is COc1ccc(C([NH3+])C2CCOCC2)cn1. The van der Waals surface area contributed by atoms with Crippen LogP contribution >= 0.6 is 0 Å². The molecule has 1 aromatic heterocycles. The van der Waals surface area contributed by atoms with Gasteiger partial charge in [0.1, 0.15) is 6.04 Å². The van der Waals surface area contributed by atoms with Crippen LogP contribution in [0.2, 0.25) is 0 Å². The molecule has 0 bridgehead atoms. The van der Waals surface area contributed by atoms with Crippen LogP contribution in [-0.4, -0.2) is 25.3 Å². The fourth-order valence-electron chi connectivity index (χ4n) is 2.12. The van der Waals surface area contributed by atoms with Crippen LogP contribution < -0.4 is 10.5 Å². The van der Waals surface area contributed by atoms with Gasteiger partial charge in [-0.25, -0.2) is 4.98 Å². The number of ether oxygens (including phenoxy) is 2. The Morgan fingerprint density at radius 2 is 2.19 bits per heavy atom. The predicted molar refractivity (Wildman–Crippen MR) is 60.0 cm³/mol. The molecule has 0 aromatic carbocycles. The molecule has 4 heteroatoms. The molecule has 4 nitrogen and oxygen atoms in total. The zero-order valence-electron chi connectivity index (χ0n) is 9.69. The summed E-state index contributed by atoms with van der Waals surface area (Å²) in [5.41, 5.74) is 5.44. The smallest absolute Gasteiger partial charge is 0.212 e. The highest BCUT2D eigenvalue weighted by atomic mass is 16.5. The van der Waals surface area contributed by atoms with Gasteiger partial charge in [-0.3, -0.25) is 0 Å². The third-order valence-corrected chi connectivity index (χ3v) is 3.23. The van der Waals surface area contributed by atoms with Crippen LogP contribution in [0.3, 0.4) is 0 Å². The van der Waals surface area contributed by atoms with E-state index in [0.717, 1.165) is 26.1 Å². The molecule has 0 amide bonds. The molecule has 2 rings (SSSR count). The van der Waals surface area contributed by atoms with Gasteiger partial charge in [0.25, 0.3) is 0 Å². The van der Waals surface area contributed by atoms with Crippen molar-refractivity contribution >= 4 is 0 Å². The number of pyridine rings is 1. The molecule has 0 saturated carbocycles. The second kappa shape index (κ2) is 5.27. The first kappa shape index (κ1) is 11.4.